The van der Waals surface area contributed by atoms with Gasteiger partial charge in [0.2, 0.25) is 0 Å². The summed E-state index contributed by atoms with van der Waals surface area (Å²) in [7, 11) is 0. The van der Waals surface area contributed by atoms with Crippen LogP contribution >= 0.6 is 0 Å². The van der Waals surface area contributed by atoms with Crippen LogP contribution in [0.1, 0.15) is 19.8 Å². The van der Waals surface area contributed by atoms with Gasteiger partial charge in [-0.05, 0) is 19.8 Å². The first-order valence-electron chi connectivity index (χ1n) is 5.24. The van der Waals surface area contributed by atoms with Crippen molar-refractivity contribution in [3.63, 3.8) is 0 Å². The maximum absolute atomic E-state index is 11.9. The minimum atomic E-state index is -4.41. The number of halogens is 3. The van der Waals surface area contributed by atoms with Crippen LogP contribution in [0.5, 0.6) is 0 Å². The zero-order valence-electron chi connectivity index (χ0n) is 9.49. The van der Waals surface area contributed by atoms with E-state index >= 15 is 0 Å². The van der Waals surface area contributed by atoms with Crippen LogP contribution in [0.4, 0.5) is 18.0 Å². The summed E-state index contributed by atoms with van der Waals surface area (Å²) < 4.78 is 40.7. The van der Waals surface area contributed by atoms with Crippen LogP contribution in [0.3, 0.4) is 0 Å². The Morgan fingerprint density at radius 2 is 2.06 bits per heavy atom. The van der Waals surface area contributed by atoms with Gasteiger partial charge in [-0.25, -0.2) is 4.79 Å². The molecule has 17 heavy (non-hydrogen) atoms. The van der Waals surface area contributed by atoms with Crippen molar-refractivity contribution in [3.8, 4) is 0 Å². The van der Waals surface area contributed by atoms with Gasteiger partial charge < -0.3 is 15.4 Å². The van der Waals surface area contributed by atoms with Crippen molar-refractivity contribution in [2.45, 2.75) is 31.5 Å². The monoisotopic (exact) mass is 252 g/mol. The molecule has 0 aromatic carbocycles. The summed E-state index contributed by atoms with van der Waals surface area (Å²) in [5.41, 5.74) is -0.689. The molecule has 7 heteroatoms. The molecule has 0 bridgehead atoms. The van der Waals surface area contributed by atoms with Gasteiger partial charge in [0.15, 0.2) is 0 Å². The van der Waals surface area contributed by atoms with E-state index in [0.29, 0.717) is 25.2 Å². The van der Waals surface area contributed by atoms with Crippen LogP contribution in [0.25, 0.3) is 0 Å². The Balaban J connectivity index is 2.38. The second kappa shape index (κ2) is 4.85. The highest BCUT2D eigenvalue weighted by Crippen LogP contribution is 2.41. The Kier molecular flexibility index (Phi) is 3.90. The highest BCUT2D eigenvalue weighted by atomic mass is 19.4. The lowest BCUT2D eigenvalue weighted by molar-refractivity contribution is -0.122. The number of rotatable bonds is 5. The molecule has 1 saturated carbocycles. The first-order chi connectivity index (χ1) is 7.79. The average Bonchev–Trinajstić information content (AvgIpc) is 2.95. The molecule has 0 atom stereocenters. The third kappa shape index (κ3) is 4.16. The number of alkyl halides is 3. The number of carbonyl (C=O) groups is 1. The summed E-state index contributed by atoms with van der Waals surface area (Å²) in [5, 5.41) is 4.19. The lowest BCUT2D eigenvalue weighted by Gasteiger charge is -2.20. The minimum Gasteiger partial charge on any atom is -0.496 e. The second-order valence-corrected chi connectivity index (χ2v) is 3.86. The smallest absolute Gasteiger partial charge is 0.405 e. The minimum absolute atomic E-state index is 0.391. The lowest BCUT2D eigenvalue weighted by Crippen LogP contribution is -2.47. The second-order valence-electron chi connectivity index (χ2n) is 3.86. The van der Waals surface area contributed by atoms with E-state index in [1.54, 1.807) is 12.2 Å². The van der Waals surface area contributed by atoms with Gasteiger partial charge in [0, 0.05) is 0 Å². The predicted octanol–water partition coefficient (Wildman–Crippen LogP) is 1.93. The highest BCUT2D eigenvalue weighted by Gasteiger charge is 2.48. The van der Waals surface area contributed by atoms with E-state index in [1.807, 2.05) is 0 Å². The van der Waals surface area contributed by atoms with Gasteiger partial charge in [-0.15, -0.1) is 0 Å². The molecule has 1 aliphatic rings. The van der Waals surface area contributed by atoms with Gasteiger partial charge in [-0.1, -0.05) is 6.58 Å². The molecule has 0 aliphatic heterocycles. The molecule has 0 saturated heterocycles. The van der Waals surface area contributed by atoms with E-state index in [-0.39, 0.29) is 0 Å². The third-order valence-electron chi connectivity index (χ3n) is 2.40. The van der Waals surface area contributed by atoms with E-state index < -0.39 is 24.3 Å². The summed E-state index contributed by atoms with van der Waals surface area (Å²) in [6, 6.07) is -0.860. The zero-order chi connectivity index (χ0) is 13.1. The molecular formula is C10H15F3N2O2. The molecule has 0 aromatic heterocycles. The predicted molar refractivity (Wildman–Crippen MR) is 55.3 cm³/mol. The van der Waals surface area contributed by atoms with Crippen molar-refractivity contribution in [2.75, 3.05) is 13.2 Å². The fourth-order valence-electron chi connectivity index (χ4n) is 1.35. The molecule has 0 heterocycles. The van der Waals surface area contributed by atoms with E-state index in [4.69, 9.17) is 4.74 Å². The van der Waals surface area contributed by atoms with E-state index in [9.17, 15) is 18.0 Å². The molecule has 0 aromatic rings. The molecule has 0 radical (unpaired) electrons. The van der Waals surface area contributed by atoms with E-state index in [2.05, 4.69) is 11.9 Å². The average molecular weight is 252 g/mol. The van der Waals surface area contributed by atoms with Crippen LogP contribution in [0.15, 0.2) is 12.3 Å². The highest BCUT2D eigenvalue weighted by molar-refractivity contribution is 5.76. The Morgan fingerprint density at radius 1 is 1.47 bits per heavy atom. The van der Waals surface area contributed by atoms with Gasteiger partial charge in [0.05, 0.1) is 12.1 Å². The Labute approximate surface area is 97.2 Å². The van der Waals surface area contributed by atoms with Gasteiger partial charge in [0.1, 0.15) is 12.3 Å². The van der Waals surface area contributed by atoms with Crippen LogP contribution in [0, 0.1) is 0 Å². The number of hydrogen-bond acceptors (Lipinski definition) is 2. The lowest BCUT2D eigenvalue weighted by atomic mass is 10.2. The van der Waals surface area contributed by atoms with Crippen molar-refractivity contribution < 1.29 is 22.7 Å². The van der Waals surface area contributed by atoms with Crippen LogP contribution in [-0.2, 0) is 4.74 Å². The molecule has 4 nitrogen and oxygen atoms in total. The summed E-state index contributed by atoms with van der Waals surface area (Å²) in [5.74, 6) is 0.391. The number of ether oxygens (including phenoxy) is 1. The summed E-state index contributed by atoms with van der Waals surface area (Å²) in [6.45, 7) is 4.48. The molecule has 1 fully saturated rings. The number of nitrogens with one attached hydrogen (secondary N) is 2. The summed E-state index contributed by atoms with van der Waals surface area (Å²) in [6.07, 6.45) is -3.15. The van der Waals surface area contributed by atoms with Crippen molar-refractivity contribution in [1.29, 1.82) is 0 Å². The fourth-order valence-corrected chi connectivity index (χ4v) is 1.35. The van der Waals surface area contributed by atoms with E-state index in [0.717, 1.165) is 0 Å². The normalized spacial score (nSPS) is 17.2. The summed E-state index contributed by atoms with van der Waals surface area (Å²) in [4.78, 5) is 11.2. The molecule has 98 valence electrons. The van der Waals surface area contributed by atoms with E-state index in [1.165, 1.54) is 0 Å². The van der Waals surface area contributed by atoms with Crippen molar-refractivity contribution in [1.82, 2.24) is 10.6 Å². The van der Waals surface area contributed by atoms with Crippen LogP contribution in [0.2, 0.25) is 0 Å². The molecule has 2 amide bonds. The number of urea groups is 1. The van der Waals surface area contributed by atoms with Gasteiger partial charge in [0.25, 0.3) is 0 Å². The molecule has 0 spiro atoms. The zero-order valence-corrected chi connectivity index (χ0v) is 9.49. The molecular weight excluding hydrogens is 237 g/mol. The standard InChI is InChI=1S/C10H15F3N2O2/c1-3-17-7(2)9(4-5-9)15-8(16)14-6-10(11,12)13/h2-6H2,1H3,(H2,14,15,16). The van der Waals surface area contributed by atoms with Crippen molar-refractivity contribution in [2.24, 2.45) is 0 Å². The molecule has 1 rings (SSSR count). The number of hydrogen-bond donors (Lipinski definition) is 2. The maximum Gasteiger partial charge on any atom is 0.405 e. The Morgan fingerprint density at radius 3 is 2.47 bits per heavy atom. The third-order valence-corrected chi connectivity index (χ3v) is 2.40. The number of carbonyl (C=O) groups excluding carboxylic acids is 1. The summed E-state index contributed by atoms with van der Waals surface area (Å²) >= 11 is 0. The molecule has 1 aliphatic carbocycles. The maximum atomic E-state index is 11.9. The van der Waals surface area contributed by atoms with Gasteiger partial charge >= 0.3 is 12.2 Å². The Hall–Kier alpha value is -1.40. The quantitative estimate of drug-likeness (QED) is 0.734. The first-order valence-corrected chi connectivity index (χ1v) is 5.24. The SMILES string of the molecule is C=C(OCC)C1(NC(=O)NCC(F)(F)F)CC1. The largest absolute Gasteiger partial charge is 0.496 e. The first kappa shape index (κ1) is 13.7. The molecule has 0 unspecified atom stereocenters. The molecule has 2 N–H and O–H groups in total. The van der Waals surface area contributed by atoms with Crippen LogP contribution in [-0.4, -0.2) is 30.9 Å². The fraction of sp³-hybridized carbons (Fsp3) is 0.700. The van der Waals surface area contributed by atoms with Crippen molar-refractivity contribution in [3.05, 3.63) is 12.3 Å². The number of amides is 2. The van der Waals surface area contributed by atoms with Crippen LogP contribution < -0.4 is 10.6 Å². The van der Waals surface area contributed by atoms with Gasteiger partial charge in [-0.2, -0.15) is 13.2 Å². The van der Waals surface area contributed by atoms with Crippen molar-refractivity contribution >= 4 is 6.03 Å². The van der Waals surface area contributed by atoms with Gasteiger partial charge in [-0.3, -0.25) is 0 Å². The topological polar surface area (TPSA) is 50.4 Å². The Bertz CT molecular complexity index is 311.